The zero-order valence-electron chi connectivity index (χ0n) is 16.0. The van der Waals surface area contributed by atoms with Crippen molar-refractivity contribution in [1.29, 1.82) is 0 Å². The Bertz CT molecular complexity index is 609. The first-order valence-electron chi connectivity index (χ1n) is 9.07. The van der Waals surface area contributed by atoms with Gasteiger partial charge in [0.25, 0.3) is 5.91 Å². The summed E-state index contributed by atoms with van der Waals surface area (Å²) in [5.74, 6) is -2.41. The highest BCUT2D eigenvalue weighted by Crippen LogP contribution is 2.35. The van der Waals surface area contributed by atoms with Crippen LogP contribution in [0.5, 0.6) is 0 Å². The molecule has 1 aromatic carbocycles. The van der Waals surface area contributed by atoms with Crippen molar-refractivity contribution in [2.24, 2.45) is 0 Å². The van der Waals surface area contributed by atoms with Gasteiger partial charge in [-0.1, -0.05) is 20.8 Å². The molecule has 146 valence electrons. The van der Waals surface area contributed by atoms with E-state index in [9.17, 15) is 19.1 Å². The summed E-state index contributed by atoms with van der Waals surface area (Å²) in [5.41, 5.74) is -0.862. The summed E-state index contributed by atoms with van der Waals surface area (Å²) in [6.07, 6.45) is 1.70. The number of anilines is 1. The van der Waals surface area contributed by atoms with Gasteiger partial charge in [0.2, 0.25) is 0 Å². The van der Waals surface area contributed by atoms with Crippen LogP contribution in [0.1, 0.15) is 50.4 Å². The predicted molar refractivity (Wildman–Crippen MR) is 98.5 cm³/mol. The third-order valence-electron chi connectivity index (χ3n) is 4.76. The zero-order valence-corrected chi connectivity index (χ0v) is 16.0. The van der Waals surface area contributed by atoms with Crippen molar-refractivity contribution in [1.82, 2.24) is 10.2 Å². The Labute approximate surface area is 154 Å². The van der Waals surface area contributed by atoms with Crippen LogP contribution in [0.4, 0.5) is 10.1 Å². The molecule has 1 fully saturated rings. The van der Waals surface area contributed by atoms with Gasteiger partial charge in [-0.15, -0.1) is 0 Å². The van der Waals surface area contributed by atoms with Gasteiger partial charge in [-0.2, -0.15) is 0 Å². The van der Waals surface area contributed by atoms with E-state index < -0.39 is 23.2 Å². The van der Waals surface area contributed by atoms with Crippen LogP contribution in [0.25, 0.3) is 0 Å². The molecule has 2 N–H and O–H groups in total. The number of rotatable bonds is 7. The van der Waals surface area contributed by atoms with Crippen LogP contribution in [0, 0.1) is 5.82 Å². The monoisotopic (exact) mass is 366 g/mol. The number of amides is 1. The molecule has 0 atom stereocenters. The Morgan fingerprint density at radius 2 is 1.77 bits per heavy atom. The molecule has 7 heteroatoms. The topological polar surface area (TPSA) is 84.5 Å². The van der Waals surface area contributed by atoms with Crippen LogP contribution >= 0.6 is 0 Å². The first-order valence-corrected chi connectivity index (χ1v) is 9.07. The normalized spacial score (nSPS) is 14.7. The summed E-state index contributed by atoms with van der Waals surface area (Å²) in [6.45, 7) is 10.1. The molecular formula is C19H29FN3O3-. The van der Waals surface area contributed by atoms with E-state index >= 15 is 0 Å². The average molecular weight is 366 g/mol. The smallest absolute Gasteiger partial charge is 0.253 e. The second-order valence-corrected chi connectivity index (χ2v) is 6.24. The number of carbonyl (C=O) groups is 2. The lowest BCUT2D eigenvalue weighted by atomic mass is 9.76. The maximum Gasteiger partial charge on any atom is 0.253 e. The average Bonchev–Trinajstić information content (AvgIpc) is 2.59. The quantitative estimate of drug-likeness (QED) is 0.766. The highest BCUT2D eigenvalue weighted by atomic mass is 19.1. The van der Waals surface area contributed by atoms with Gasteiger partial charge < -0.3 is 25.4 Å². The number of nitrogens with one attached hydrogen (secondary N) is 2. The molecule has 2 rings (SSSR count). The molecule has 1 amide bonds. The molecule has 6 nitrogen and oxygen atoms in total. The summed E-state index contributed by atoms with van der Waals surface area (Å²) in [7, 11) is 1.41. The fourth-order valence-electron chi connectivity index (χ4n) is 2.77. The van der Waals surface area contributed by atoms with E-state index in [1.807, 2.05) is 0 Å². The molecule has 1 aliphatic carbocycles. The molecule has 0 radical (unpaired) electrons. The molecule has 0 aromatic heterocycles. The lowest BCUT2D eigenvalue weighted by Gasteiger charge is -2.44. The van der Waals surface area contributed by atoms with Gasteiger partial charge in [-0.25, -0.2) is 4.39 Å². The van der Waals surface area contributed by atoms with Crippen molar-refractivity contribution in [3.63, 3.8) is 0 Å². The third-order valence-corrected chi connectivity index (χ3v) is 4.76. The Kier molecular flexibility index (Phi) is 8.51. The van der Waals surface area contributed by atoms with Gasteiger partial charge in [-0.3, -0.25) is 4.79 Å². The number of aliphatic carboxylic acids is 1. The first-order chi connectivity index (χ1) is 12.3. The number of halogens is 1. The molecule has 0 bridgehead atoms. The maximum atomic E-state index is 13.7. The van der Waals surface area contributed by atoms with Crippen LogP contribution in [0.3, 0.4) is 0 Å². The van der Waals surface area contributed by atoms with Gasteiger partial charge in [0, 0.05) is 12.7 Å². The first kappa shape index (κ1) is 21.9. The van der Waals surface area contributed by atoms with Crippen LogP contribution < -0.4 is 15.7 Å². The van der Waals surface area contributed by atoms with E-state index in [2.05, 4.69) is 36.3 Å². The van der Waals surface area contributed by atoms with Crippen molar-refractivity contribution in [3.05, 3.63) is 29.6 Å². The summed E-state index contributed by atoms with van der Waals surface area (Å²) in [4.78, 5) is 24.8. The van der Waals surface area contributed by atoms with Crippen LogP contribution in [-0.2, 0) is 4.79 Å². The lowest BCUT2D eigenvalue weighted by molar-refractivity contribution is -0.314. The minimum absolute atomic E-state index is 0.0795. The Morgan fingerprint density at radius 3 is 2.08 bits per heavy atom. The van der Waals surface area contributed by atoms with E-state index in [0.29, 0.717) is 18.5 Å². The Morgan fingerprint density at radius 1 is 1.19 bits per heavy atom. The fourth-order valence-corrected chi connectivity index (χ4v) is 2.77. The van der Waals surface area contributed by atoms with Gasteiger partial charge in [0.05, 0.1) is 17.1 Å². The van der Waals surface area contributed by atoms with E-state index in [1.54, 1.807) is 0 Å². The van der Waals surface area contributed by atoms with Crippen LogP contribution in [0.15, 0.2) is 18.2 Å². The van der Waals surface area contributed by atoms with E-state index in [-0.39, 0.29) is 5.56 Å². The summed E-state index contributed by atoms with van der Waals surface area (Å²) < 4.78 is 13.7. The second-order valence-electron chi connectivity index (χ2n) is 6.24. The van der Waals surface area contributed by atoms with Crippen molar-refractivity contribution in [2.75, 3.05) is 32.0 Å². The minimum Gasteiger partial charge on any atom is -0.548 e. The van der Waals surface area contributed by atoms with Crippen LogP contribution in [0.2, 0.25) is 0 Å². The van der Waals surface area contributed by atoms with Crippen LogP contribution in [-0.4, -0.2) is 49.0 Å². The van der Waals surface area contributed by atoms with Gasteiger partial charge in [0.15, 0.2) is 0 Å². The third kappa shape index (κ3) is 5.42. The standard InChI is InChI=1S/C13H15FN2O3.C6H15N/c1-15-11(17)9-4-3-8(7-10(9)14)16-13(12(18)19)5-2-6-13;1-4-7(5-2)6-3/h3-4,7,16H,2,5-6H2,1H3,(H,15,17)(H,18,19);4-6H2,1-3H3/p-1. The molecule has 0 spiro atoms. The van der Waals surface area contributed by atoms with Gasteiger partial charge in [-0.05, 0) is 57.1 Å². The minimum atomic E-state index is -1.19. The van der Waals surface area contributed by atoms with Gasteiger partial charge in [0.1, 0.15) is 5.82 Å². The molecular weight excluding hydrogens is 337 g/mol. The molecule has 1 aliphatic rings. The predicted octanol–water partition coefficient (Wildman–Crippen LogP) is 1.62. The fraction of sp³-hybridized carbons (Fsp3) is 0.579. The number of nitrogens with zero attached hydrogens (tertiary/aromatic N) is 1. The number of benzene rings is 1. The number of hydrogen-bond donors (Lipinski definition) is 2. The van der Waals surface area contributed by atoms with Crippen molar-refractivity contribution < 1.29 is 19.1 Å². The number of carbonyl (C=O) groups excluding carboxylic acids is 2. The maximum absolute atomic E-state index is 13.7. The molecule has 0 unspecified atom stereocenters. The van der Waals surface area contributed by atoms with E-state index in [0.717, 1.165) is 12.5 Å². The number of carboxylic acid groups (broad SMARTS) is 1. The van der Waals surface area contributed by atoms with Crippen molar-refractivity contribution in [3.8, 4) is 0 Å². The van der Waals surface area contributed by atoms with Crippen molar-refractivity contribution >= 4 is 17.6 Å². The van der Waals surface area contributed by atoms with Crippen molar-refractivity contribution in [2.45, 2.75) is 45.6 Å². The number of hydrogen-bond acceptors (Lipinski definition) is 5. The summed E-state index contributed by atoms with van der Waals surface area (Å²) >= 11 is 0. The van der Waals surface area contributed by atoms with E-state index in [4.69, 9.17) is 0 Å². The molecule has 1 saturated carbocycles. The van der Waals surface area contributed by atoms with Gasteiger partial charge >= 0.3 is 0 Å². The molecule has 26 heavy (non-hydrogen) atoms. The second kappa shape index (κ2) is 10.1. The Hall–Kier alpha value is -2.15. The zero-order chi connectivity index (χ0) is 19.7. The molecule has 0 heterocycles. The van der Waals surface area contributed by atoms with E-state index in [1.165, 1.54) is 38.8 Å². The lowest BCUT2D eigenvalue weighted by Crippen LogP contribution is -2.58. The Balaban J connectivity index is 0.000000412. The summed E-state index contributed by atoms with van der Waals surface area (Å²) in [5, 5.41) is 16.2. The summed E-state index contributed by atoms with van der Waals surface area (Å²) in [6, 6.07) is 3.92. The largest absolute Gasteiger partial charge is 0.548 e. The molecule has 0 saturated heterocycles. The SMILES string of the molecule is CCN(CC)CC.CNC(=O)c1ccc(NC2(C(=O)[O-])CCC2)cc1F. The number of carboxylic acids is 1. The highest BCUT2D eigenvalue weighted by molar-refractivity contribution is 5.94. The highest BCUT2D eigenvalue weighted by Gasteiger charge is 2.38. The molecule has 1 aromatic rings. The molecule has 0 aliphatic heterocycles.